The highest BCUT2D eigenvalue weighted by molar-refractivity contribution is 6.51. The molecule has 1 amide bonds. The van der Waals surface area contributed by atoms with Crippen LogP contribution in [0.25, 0.3) is 5.76 Å². The Hall–Kier alpha value is -4.06. The molecule has 3 aromatic carbocycles. The molecular weight excluding hydrogens is 454 g/mol. The Morgan fingerprint density at radius 3 is 2.06 bits per heavy atom. The van der Waals surface area contributed by atoms with Crippen LogP contribution in [0, 0.1) is 12.8 Å². The molecule has 3 aromatic rings. The van der Waals surface area contributed by atoms with Crippen LogP contribution in [0.2, 0.25) is 0 Å². The molecule has 6 heteroatoms. The highest BCUT2D eigenvalue weighted by Gasteiger charge is 2.46. The Labute approximate surface area is 211 Å². The average molecular weight is 486 g/mol. The van der Waals surface area contributed by atoms with Crippen LogP contribution in [0.3, 0.4) is 0 Å². The van der Waals surface area contributed by atoms with Gasteiger partial charge in [0.2, 0.25) is 0 Å². The molecule has 6 nitrogen and oxygen atoms in total. The summed E-state index contributed by atoms with van der Waals surface area (Å²) in [6.07, 6.45) is 0. The maximum atomic E-state index is 13.3. The Bertz CT molecular complexity index is 1260. The van der Waals surface area contributed by atoms with Crippen LogP contribution < -0.4 is 14.4 Å². The number of Topliss-reactive ketones (excluding diaryl/α,β-unsaturated/α-hetero) is 1. The number of hydrogen-bond donors (Lipinski definition) is 1. The summed E-state index contributed by atoms with van der Waals surface area (Å²) in [5, 5.41) is 11.3. The number of rotatable bonds is 8. The fraction of sp³-hybridized carbons (Fsp3) is 0.267. The maximum absolute atomic E-state index is 13.3. The number of nitrogens with zero attached hydrogens (tertiary/aromatic N) is 1. The molecule has 0 aliphatic carbocycles. The maximum Gasteiger partial charge on any atom is 0.300 e. The molecular formula is C30H31NO5. The Morgan fingerprint density at radius 2 is 1.47 bits per heavy atom. The zero-order valence-corrected chi connectivity index (χ0v) is 21.0. The molecule has 4 rings (SSSR count). The Balaban J connectivity index is 1.80. The molecule has 1 N–H and O–H groups in total. The predicted octanol–water partition coefficient (Wildman–Crippen LogP) is 6.05. The van der Waals surface area contributed by atoms with Gasteiger partial charge in [0.1, 0.15) is 17.3 Å². The largest absolute Gasteiger partial charge is 0.507 e. The van der Waals surface area contributed by atoms with Crippen molar-refractivity contribution in [2.24, 2.45) is 5.92 Å². The van der Waals surface area contributed by atoms with E-state index in [0.29, 0.717) is 47.4 Å². The monoisotopic (exact) mass is 485 g/mol. The van der Waals surface area contributed by atoms with E-state index in [0.717, 1.165) is 5.56 Å². The number of carbonyl (C=O) groups excluding carboxylic acids is 2. The first-order chi connectivity index (χ1) is 17.3. The molecule has 0 aromatic heterocycles. The third-order valence-electron chi connectivity index (χ3n) is 5.97. The fourth-order valence-corrected chi connectivity index (χ4v) is 4.16. The first-order valence-corrected chi connectivity index (χ1v) is 12.1. The van der Waals surface area contributed by atoms with Crippen LogP contribution in [0.15, 0.2) is 78.4 Å². The summed E-state index contributed by atoms with van der Waals surface area (Å²) >= 11 is 0. The Morgan fingerprint density at radius 1 is 0.889 bits per heavy atom. The van der Waals surface area contributed by atoms with Gasteiger partial charge in [-0.15, -0.1) is 0 Å². The van der Waals surface area contributed by atoms with Gasteiger partial charge in [0.05, 0.1) is 24.8 Å². The van der Waals surface area contributed by atoms with Gasteiger partial charge < -0.3 is 14.6 Å². The molecule has 1 heterocycles. The summed E-state index contributed by atoms with van der Waals surface area (Å²) in [7, 11) is 0. The van der Waals surface area contributed by atoms with E-state index in [9.17, 15) is 14.7 Å². The van der Waals surface area contributed by atoms with Gasteiger partial charge in [0.25, 0.3) is 11.7 Å². The number of benzene rings is 3. The first kappa shape index (κ1) is 25.0. The van der Waals surface area contributed by atoms with Crippen molar-refractivity contribution in [2.75, 3.05) is 18.1 Å². The lowest BCUT2D eigenvalue weighted by Gasteiger charge is -2.25. The van der Waals surface area contributed by atoms with Crippen LogP contribution in [-0.2, 0) is 9.59 Å². The van der Waals surface area contributed by atoms with Crippen molar-refractivity contribution in [1.29, 1.82) is 0 Å². The lowest BCUT2D eigenvalue weighted by atomic mass is 9.95. The SMILES string of the molecule is CCOc1ccc(C2/C(=C(\O)c3ccc(OCC(C)C)cc3)C(=O)C(=O)N2c2ccc(C)cc2)cc1. The van der Waals surface area contributed by atoms with Gasteiger partial charge in [0, 0.05) is 11.3 Å². The van der Waals surface area contributed by atoms with Gasteiger partial charge in [-0.25, -0.2) is 0 Å². The second kappa shape index (κ2) is 10.7. The first-order valence-electron chi connectivity index (χ1n) is 12.1. The lowest BCUT2D eigenvalue weighted by molar-refractivity contribution is -0.132. The van der Waals surface area contributed by atoms with Gasteiger partial charge in [-0.1, -0.05) is 43.7 Å². The van der Waals surface area contributed by atoms with Crippen molar-refractivity contribution in [3.63, 3.8) is 0 Å². The normalized spacial score (nSPS) is 17.0. The zero-order valence-electron chi connectivity index (χ0n) is 21.0. The Kier molecular flexibility index (Phi) is 7.44. The van der Waals surface area contributed by atoms with Crippen molar-refractivity contribution < 1.29 is 24.2 Å². The lowest BCUT2D eigenvalue weighted by Crippen LogP contribution is -2.29. The number of aliphatic hydroxyl groups excluding tert-OH is 1. The minimum atomic E-state index is -0.791. The third kappa shape index (κ3) is 5.13. The zero-order chi connectivity index (χ0) is 25.8. The third-order valence-corrected chi connectivity index (χ3v) is 5.97. The molecule has 1 aliphatic rings. The van der Waals surface area contributed by atoms with E-state index in [1.165, 1.54) is 4.90 Å². The summed E-state index contributed by atoms with van der Waals surface area (Å²) in [5.41, 5.74) is 2.78. The van der Waals surface area contributed by atoms with Gasteiger partial charge >= 0.3 is 0 Å². The molecule has 1 fully saturated rings. The van der Waals surface area contributed by atoms with Crippen LogP contribution >= 0.6 is 0 Å². The minimum absolute atomic E-state index is 0.0422. The standard InChI is InChI=1S/C30H31NO5/c1-5-35-24-14-8-21(9-15-24)27-26(28(32)22-10-16-25(17-11-22)36-18-19(2)3)29(33)30(34)31(27)23-12-6-20(4)7-13-23/h6-17,19,27,32H,5,18H2,1-4H3/b28-26+. The molecule has 1 aliphatic heterocycles. The topological polar surface area (TPSA) is 76.1 Å². The molecule has 0 bridgehead atoms. The van der Waals surface area contributed by atoms with Gasteiger partial charge in [-0.2, -0.15) is 0 Å². The summed E-state index contributed by atoms with van der Waals surface area (Å²) in [6, 6.07) is 20.7. The van der Waals surface area contributed by atoms with Crippen molar-refractivity contribution in [3.05, 3.63) is 95.1 Å². The number of aliphatic hydroxyl groups is 1. The van der Waals surface area contributed by atoms with E-state index >= 15 is 0 Å². The van der Waals surface area contributed by atoms with Crippen molar-refractivity contribution in [1.82, 2.24) is 0 Å². The second-order valence-corrected chi connectivity index (χ2v) is 9.24. The number of aryl methyl sites for hydroxylation is 1. The number of anilines is 1. The molecule has 0 saturated carbocycles. The number of ether oxygens (including phenoxy) is 2. The van der Waals surface area contributed by atoms with Crippen molar-refractivity contribution in [3.8, 4) is 11.5 Å². The fourth-order valence-electron chi connectivity index (χ4n) is 4.16. The van der Waals surface area contributed by atoms with E-state index in [1.54, 1.807) is 36.4 Å². The quantitative estimate of drug-likeness (QED) is 0.239. The van der Waals surface area contributed by atoms with E-state index < -0.39 is 17.7 Å². The smallest absolute Gasteiger partial charge is 0.300 e. The summed E-state index contributed by atoms with van der Waals surface area (Å²) in [6.45, 7) is 9.08. The summed E-state index contributed by atoms with van der Waals surface area (Å²) < 4.78 is 11.3. The van der Waals surface area contributed by atoms with Crippen LogP contribution in [0.1, 0.15) is 43.5 Å². The van der Waals surface area contributed by atoms with Crippen molar-refractivity contribution >= 4 is 23.1 Å². The van der Waals surface area contributed by atoms with E-state index in [1.807, 2.05) is 50.2 Å². The van der Waals surface area contributed by atoms with Gasteiger partial charge in [0.15, 0.2) is 0 Å². The average Bonchev–Trinajstić information content (AvgIpc) is 3.14. The minimum Gasteiger partial charge on any atom is -0.507 e. The number of hydrogen-bond acceptors (Lipinski definition) is 5. The number of amides is 1. The van der Waals surface area contributed by atoms with E-state index in [-0.39, 0.29) is 11.3 Å². The van der Waals surface area contributed by atoms with Gasteiger partial charge in [-0.05, 0) is 73.9 Å². The molecule has 186 valence electrons. The molecule has 0 spiro atoms. The summed E-state index contributed by atoms with van der Waals surface area (Å²) in [5.74, 6) is 0.0967. The van der Waals surface area contributed by atoms with E-state index in [2.05, 4.69) is 13.8 Å². The van der Waals surface area contributed by atoms with Crippen LogP contribution in [0.4, 0.5) is 5.69 Å². The second-order valence-electron chi connectivity index (χ2n) is 9.24. The predicted molar refractivity (Wildman–Crippen MR) is 140 cm³/mol. The molecule has 1 atom stereocenters. The molecule has 1 unspecified atom stereocenters. The van der Waals surface area contributed by atoms with Crippen LogP contribution in [-0.4, -0.2) is 30.0 Å². The molecule has 0 radical (unpaired) electrons. The summed E-state index contributed by atoms with van der Waals surface area (Å²) in [4.78, 5) is 28.0. The number of ketones is 1. The van der Waals surface area contributed by atoms with Crippen molar-refractivity contribution in [2.45, 2.75) is 33.7 Å². The van der Waals surface area contributed by atoms with Crippen LogP contribution in [0.5, 0.6) is 11.5 Å². The highest BCUT2D eigenvalue weighted by Crippen LogP contribution is 2.42. The molecule has 1 saturated heterocycles. The number of carbonyl (C=O) groups is 2. The molecule has 36 heavy (non-hydrogen) atoms. The highest BCUT2D eigenvalue weighted by atomic mass is 16.5. The van der Waals surface area contributed by atoms with Gasteiger partial charge in [-0.3, -0.25) is 14.5 Å². The van der Waals surface area contributed by atoms with E-state index in [4.69, 9.17) is 9.47 Å².